The van der Waals surface area contributed by atoms with Crippen LogP contribution in [0.5, 0.6) is 17.2 Å². The molecule has 32 heavy (non-hydrogen) atoms. The van der Waals surface area contributed by atoms with Crippen LogP contribution in [0.2, 0.25) is 0 Å². The average Bonchev–Trinajstić information content (AvgIpc) is 2.79. The first-order chi connectivity index (χ1) is 15.2. The van der Waals surface area contributed by atoms with Gasteiger partial charge >= 0.3 is 17.9 Å². The highest BCUT2D eigenvalue weighted by molar-refractivity contribution is 5.91. The zero-order valence-electron chi connectivity index (χ0n) is 17.6. The number of esters is 3. The maximum Gasteiger partial charge on any atom is 0.335 e. The highest BCUT2D eigenvalue weighted by atomic mass is 19.1. The normalized spacial score (nSPS) is 11.0. The number of benzene rings is 2. The van der Waals surface area contributed by atoms with Crippen molar-refractivity contribution in [3.63, 3.8) is 0 Å². The van der Waals surface area contributed by atoms with Crippen LogP contribution in [-0.2, 0) is 14.4 Å². The molecular formula is C25H21FO6. The lowest BCUT2D eigenvalue weighted by Gasteiger charge is -2.14. The number of carbonyl (C=O) groups is 3. The zero-order valence-corrected chi connectivity index (χ0v) is 17.6. The van der Waals surface area contributed by atoms with Gasteiger partial charge in [0.15, 0.2) is 23.1 Å². The van der Waals surface area contributed by atoms with Crippen molar-refractivity contribution >= 4 is 29.1 Å². The molecule has 2 aromatic rings. The smallest absolute Gasteiger partial charge is 0.335 e. The molecule has 0 bridgehead atoms. The maximum absolute atomic E-state index is 14.4. The molecule has 6 nitrogen and oxygen atoms in total. The second kappa shape index (κ2) is 10.7. The van der Waals surface area contributed by atoms with Gasteiger partial charge in [0.25, 0.3) is 0 Å². The van der Waals surface area contributed by atoms with Crippen LogP contribution < -0.4 is 14.2 Å². The fourth-order valence-electron chi connectivity index (χ4n) is 2.61. The highest BCUT2D eigenvalue weighted by Crippen LogP contribution is 2.34. The highest BCUT2D eigenvalue weighted by Gasteiger charge is 2.15. The SMILES string of the molecule is C=CC(=O)Oc1ccc(/C(C)=C(\C)c2ccc(OC(=O)C=C)c(OC(=O)C=C)c2)cc1F. The van der Waals surface area contributed by atoms with Crippen molar-refractivity contribution in [2.45, 2.75) is 13.8 Å². The summed E-state index contributed by atoms with van der Waals surface area (Å²) in [6.07, 6.45) is 2.89. The Labute approximate surface area is 184 Å². The molecule has 0 radical (unpaired) electrons. The van der Waals surface area contributed by atoms with Gasteiger partial charge in [-0.15, -0.1) is 0 Å². The van der Waals surface area contributed by atoms with E-state index >= 15 is 0 Å². The van der Waals surface area contributed by atoms with Crippen LogP contribution in [0.3, 0.4) is 0 Å². The number of carbonyl (C=O) groups excluding carboxylic acids is 3. The van der Waals surface area contributed by atoms with Gasteiger partial charge in [0.05, 0.1) is 0 Å². The lowest BCUT2D eigenvalue weighted by Crippen LogP contribution is -2.08. The maximum atomic E-state index is 14.4. The second-order valence-electron chi connectivity index (χ2n) is 6.43. The van der Waals surface area contributed by atoms with E-state index in [1.54, 1.807) is 26.0 Å². The van der Waals surface area contributed by atoms with Crippen molar-refractivity contribution in [3.8, 4) is 17.2 Å². The van der Waals surface area contributed by atoms with Crippen LogP contribution in [-0.4, -0.2) is 17.9 Å². The molecule has 0 saturated carbocycles. The van der Waals surface area contributed by atoms with Gasteiger partial charge in [-0.25, -0.2) is 18.8 Å². The molecular weight excluding hydrogens is 415 g/mol. The number of halogens is 1. The molecule has 2 rings (SSSR count). The molecule has 0 aliphatic rings. The van der Waals surface area contributed by atoms with E-state index in [-0.39, 0.29) is 17.2 Å². The summed E-state index contributed by atoms with van der Waals surface area (Å²) >= 11 is 0. The molecule has 0 amide bonds. The van der Waals surface area contributed by atoms with E-state index in [1.807, 2.05) is 0 Å². The fourth-order valence-corrected chi connectivity index (χ4v) is 2.61. The van der Waals surface area contributed by atoms with Crippen molar-refractivity contribution in [1.29, 1.82) is 0 Å². The summed E-state index contributed by atoms with van der Waals surface area (Å²) in [6, 6.07) is 8.83. The lowest BCUT2D eigenvalue weighted by atomic mass is 9.96. The van der Waals surface area contributed by atoms with Crippen LogP contribution in [0.4, 0.5) is 4.39 Å². The predicted molar refractivity (Wildman–Crippen MR) is 119 cm³/mol. The summed E-state index contributed by atoms with van der Waals surface area (Å²) in [5.41, 5.74) is 2.63. The van der Waals surface area contributed by atoms with E-state index in [1.165, 1.54) is 24.3 Å². The van der Waals surface area contributed by atoms with Crippen LogP contribution >= 0.6 is 0 Å². The summed E-state index contributed by atoms with van der Waals surface area (Å²) < 4.78 is 29.5. The van der Waals surface area contributed by atoms with Crippen molar-refractivity contribution in [2.75, 3.05) is 0 Å². The number of rotatable bonds is 8. The van der Waals surface area contributed by atoms with E-state index in [4.69, 9.17) is 14.2 Å². The van der Waals surface area contributed by atoms with E-state index in [0.717, 1.165) is 23.8 Å². The Hall–Kier alpha value is -4.26. The largest absolute Gasteiger partial charge is 0.420 e. The van der Waals surface area contributed by atoms with E-state index < -0.39 is 23.7 Å². The molecule has 0 aliphatic heterocycles. The molecule has 2 aromatic carbocycles. The second-order valence-corrected chi connectivity index (χ2v) is 6.43. The van der Waals surface area contributed by atoms with E-state index in [0.29, 0.717) is 16.7 Å². The molecule has 0 aromatic heterocycles. The van der Waals surface area contributed by atoms with Crippen LogP contribution in [0, 0.1) is 5.82 Å². The van der Waals surface area contributed by atoms with Gasteiger partial charge in [-0.1, -0.05) is 31.9 Å². The minimum absolute atomic E-state index is 0.00705. The first-order valence-corrected chi connectivity index (χ1v) is 9.34. The third-order valence-corrected chi connectivity index (χ3v) is 4.44. The van der Waals surface area contributed by atoms with Gasteiger partial charge < -0.3 is 14.2 Å². The fraction of sp³-hybridized carbons (Fsp3) is 0.0800. The number of hydrogen-bond donors (Lipinski definition) is 0. The molecule has 0 unspecified atom stereocenters. The molecule has 0 atom stereocenters. The van der Waals surface area contributed by atoms with Crippen LogP contribution in [0.15, 0.2) is 74.4 Å². The number of allylic oxidation sites excluding steroid dienone is 2. The first-order valence-electron chi connectivity index (χ1n) is 9.34. The Balaban J connectivity index is 2.46. The first kappa shape index (κ1) is 24.0. The standard InChI is InChI=1S/C25H21FO6/c1-6-23(27)30-20-11-9-17(13-19(20)26)15(4)16(5)18-10-12-21(31-24(28)7-2)22(14-18)32-25(29)8-3/h6-14H,1-3H2,4-5H3/b16-15+. The number of ether oxygens (including phenoxy) is 3. The van der Waals surface area contributed by atoms with Gasteiger partial charge in [0.1, 0.15) is 0 Å². The van der Waals surface area contributed by atoms with Crippen molar-refractivity contribution in [3.05, 3.63) is 91.3 Å². The molecule has 0 aliphatic carbocycles. The molecule has 0 spiro atoms. The summed E-state index contributed by atoms with van der Waals surface area (Å²) in [6.45, 7) is 13.5. The average molecular weight is 436 g/mol. The monoisotopic (exact) mass is 436 g/mol. The lowest BCUT2D eigenvalue weighted by molar-refractivity contribution is -0.131. The molecule has 0 fully saturated rings. The van der Waals surface area contributed by atoms with E-state index in [2.05, 4.69) is 19.7 Å². The minimum Gasteiger partial charge on any atom is -0.420 e. The number of hydrogen-bond acceptors (Lipinski definition) is 6. The third-order valence-electron chi connectivity index (χ3n) is 4.44. The Morgan fingerprint density at radius 1 is 0.688 bits per heavy atom. The summed E-state index contributed by atoms with van der Waals surface area (Å²) in [7, 11) is 0. The van der Waals surface area contributed by atoms with Crippen molar-refractivity contribution < 1.29 is 33.0 Å². The van der Waals surface area contributed by atoms with Crippen molar-refractivity contribution in [1.82, 2.24) is 0 Å². The van der Waals surface area contributed by atoms with Gasteiger partial charge in [-0.05, 0) is 60.4 Å². The van der Waals surface area contributed by atoms with Crippen molar-refractivity contribution in [2.24, 2.45) is 0 Å². The van der Waals surface area contributed by atoms with Gasteiger partial charge in [-0.2, -0.15) is 0 Å². The zero-order chi connectivity index (χ0) is 23.8. The molecule has 7 heteroatoms. The third kappa shape index (κ3) is 5.89. The van der Waals surface area contributed by atoms with Gasteiger partial charge in [-0.3, -0.25) is 0 Å². The van der Waals surface area contributed by atoms with Crippen LogP contribution in [0.1, 0.15) is 25.0 Å². The summed E-state index contributed by atoms with van der Waals surface area (Å²) in [5, 5.41) is 0. The molecule has 0 heterocycles. The molecule has 0 saturated heterocycles. The quantitative estimate of drug-likeness (QED) is 0.249. The molecule has 0 N–H and O–H groups in total. The van der Waals surface area contributed by atoms with E-state index in [9.17, 15) is 18.8 Å². The Kier molecular flexibility index (Phi) is 8.01. The van der Waals surface area contributed by atoms with Gasteiger partial charge in [0, 0.05) is 18.2 Å². The Bertz CT molecular complexity index is 1140. The Morgan fingerprint density at radius 2 is 1.09 bits per heavy atom. The summed E-state index contributed by atoms with van der Waals surface area (Å²) in [4.78, 5) is 34.6. The summed E-state index contributed by atoms with van der Waals surface area (Å²) in [5.74, 6) is -3.11. The topological polar surface area (TPSA) is 78.9 Å². The van der Waals surface area contributed by atoms with Crippen LogP contribution in [0.25, 0.3) is 11.1 Å². The predicted octanol–water partition coefficient (Wildman–Crippen LogP) is 5.05. The minimum atomic E-state index is -0.765. The Morgan fingerprint density at radius 3 is 1.56 bits per heavy atom. The molecule has 164 valence electrons. The van der Waals surface area contributed by atoms with Gasteiger partial charge in [0.2, 0.25) is 0 Å².